The highest BCUT2D eigenvalue weighted by molar-refractivity contribution is 5.99. The third-order valence-corrected chi connectivity index (χ3v) is 8.67. The van der Waals surface area contributed by atoms with Crippen molar-refractivity contribution in [1.29, 1.82) is 0 Å². The average Bonchev–Trinajstić information content (AvgIpc) is 3.27. The summed E-state index contributed by atoms with van der Waals surface area (Å²) < 4.78 is 12.5. The molecule has 5 aliphatic rings. The van der Waals surface area contributed by atoms with Crippen molar-refractivity contribution >= 4 is 29.9 Å². The maximum atomic E-state index is 13.8. The Morgan fingerprint density at radius 1 is 1.21 bits per heavy atom. The van der Waals surface area contributed by atoms with Gasteiger partial charge in [0.05, 0.1) is 31.6 Å². The molecule has 0 spiro atoms. The van der Waals surface area contributed by atoms with E-state index >= 15 is 0 Å². The van der Waals surface area contributed by atoms with Crippen LogP contribution in [0.3, 0.4) is 0 Å². The van der Waals surface area contributed by atoms with Crippen molar-refractivity contribution in [3.63, 3.8) is 0 Å². The van der Waals surface area contributed by atoms with Crippen LogP contribution >= 0.6 is 0 Å². The second kappa shape index (κ2) is 10.2. The molecule has 1 saturated heterocycles. The molecule has 6 rings (SSSR count). The molecule has 4 saturated carbocycles. The number of anilines is 1. The van der Waals surface area contributed by atoms with Crippen LogP contribution in [0.15, 0.2) is 12.3 Å². The van der Waals surface area contributed by atoms with E-state index in [1.807, 2.05) is 26.1 Å². The smallest absolute Gasteiger partial charge is 0.404 e. The number of primary amides is 1. The summed E-state index contributed by atoms with van der Waals surface area (Å²) in [6, 6.07) is 0.0934. The van der Waals surface area contributed by atoms with Gasteiger partial charge < -0.3 is 30.7 Å². The largest absolute Gasteiger partial charge is 0.449 e. The predicted octanol–water partition coefficient (Wildman–Crippen LogP) is 2.13. The molecule has 4 bridgehead atoms. The SMILES string of the molecule is CC(=O)NC(C)(C)/C=C/n1ncc(C(=O)NC2C3CC4CC2CC(COC(N)=O)(C4)C3)c1N1CCOCC1. The lowest BCUT2D eigenvalue weighted by Crippen LogP contribution is -2.60. The Bertz CT molecular complexity index is 1090. The number of ether oxygens (including phenoxy) is 2. The van der Waals surface area contributed by atoms with E-state index in [9.17, 15) is 14.4 Å². The molecule has 5 fully saturated rings. The third-order valence-electron chi connectivity index (χ3n) is 8.67. The minimum absolute atomic E-state index is 0.0118. The lowest BCUT2D eigenvalue weighted by Gasteiger charge is -2.59. The molecule has 1 aromatic rings. The van der Waals surface area contributed by atoms with Crippen molar-refractivity contribution in [1.82, 2.24) is 20.4 Å². The number of morpholine rings is 1. The van der Waals surface area contributed by atoms with Gasteiger partial charge in [0, 0.05) is 37.7 Å². The van der Waals surface area contributed by atoms with Gasteiger partial charge in [-0.2, -0.15) is 5.10 Å². The first-order valence-corrected chi connectivity index (χ1v) is 13.7. The number of nitrogens with one attached hydrogen (secondary N) is 2. The molecule has 1 aliphatic heterocycles. The van der Waals surface area contributed by atoms with Crippen LogP contribution in [0.25, 0.3) is 6.20 Å². The fraction of sp³-hybridized carbons (Fsp3) is 0.704. The van der Waals surface area contributed by atoms with Crippen LogP contribution in [0.2, 0.25) is 0 Å². The molecule has 2 atom stereocenters. The molecule has 4 N–H and O–H groups in total. The monoisotopic (exact) mass is 528 g/mol. The Kier molecular flexibility index (Phi) is 7.15. The van der Waals surface area contributed by atoms with Crippen molar-refractivity contribution in [3.05, 3.63) is 17.8 Å². The van der Waals surface area contributed by atoms with Crippen LogP contribution in [-0.4, -0.2) is 72.2 Å². The Balaban J connectivity index is 1.35. The Hall–Kier alpha value is -3.08. The van der Waals surface area contributed by atoms with Gasteiger partial charge in [0.2, 0.25) is 5.91 Å². The number of hydrogen-bond acceptors (Lipinski definition) is 7. The van der Waals surface area contributed by atoms with Crippen LogP contribution < -0.4 is 21.3 Å². The molecule has 1 aromatic heterocycles. The van der Waals surface area contributed by atoms with Crippen molar-refractivity contribution in [2.45, 2.75) is 64.5 Å². The highest BCUT2D eigenvalue weighted by Crippen LogP contribution is 2.60. The third kappa shape index (κ3) is 5.52. The molecule has 208 valence electrons. The highest BCUT2D eigenvalue weighted by atomic mass is 16.5. The molecule has 3 amide bonds. The Morgan fingerprint density at radius 2 is 1.89 bits per heavy atom. The molecule has 4 aliphatic carbocycles. The molecule has 11 nitrogen and oxygen atoms in total. The van der Waals surface area contributed by atoms with E-state index in [-0.39, 0.29) is 23.3 Å². The fourth-order valence-corrected chi connectivity index (χ4v) is 7.53. The maximum Gasteiger partial charge on any atom is 0.404 e. The number of rotatable bonds is 8. The van der Waals surface area contributed by atoms with Crippen molar-refractivity contribution in [2.75, 3.05) is 37.8 Å². The minimum atomic E-state index is -0.715. The van der Waals surface area contributed by atoms with Crippen molar-refractivity contribution < 1.29 is 23.9 Å². The van der Waals surface area contributed by atoms with Crippen LogP contribution in [0.4, 0.5) is 10.6 Å². The van der Waals surface area contributed by atoms with Crippen molar-refractivity contribution in [3.8, 4) is 0 Å². The highest BCUT2D eigenvalue weighted by Gasteiger charge is 2.56. The topological polar surface area (TPSA) is 141 Å². The van der Waals surface area contributed by atoms with Gasteiger partial charge in [-0.1, -0.05) is 0 Å². The van der Waals surface area contributed by atoms with E-state index in [0.29, 0.717) is 56.2 Å². The van der Waals surface area contributed by atoms with Gasteiger partial charge in [0.15, 0.2) is 0 Å². The fourth-order valence-electron chi connectivity index (χ4n) is 7.53. The van der Waals surface area contributed by atoms with Crippen LogP contribution in [0.5, 0.6) is 0 Å². The molecular formula is C27H40N6O5. The number of hydrogen-bond donors (Lipinski definition) is 3. The lowest BCUT2D eigenvalue weighted by molar-refractivity contribution is -0.120. The summed E-state index contributed by atoms with van der Waals surface area (Å²) in [5.41, 5.74) is 5.21. The molecule has 11 heteroatoms. The predicted molar refractivity (Wildman–Crippen MR) is 141 cm³/mol. The van der Waals surface area contributed by atoms with Crippen LogP contribution in [0, 0.1) is 23.2 Å². The molecule has 2 heterocycles. The van der Waals surface area contributed by atoms with E-state index in [4.69, 9.17) is 15.2 Å². The van der Waals surface area contributed by atoms with Gasteiger partial charge in [-0.3, -0.25) is 9.59 Å². The van der Waals surface area contributed by atoms with Gasteiger partial charge in [0.25, 0.3) is 5.91 Å². The quantitative estimate of drug-likeness (QED) is 0.469. The number of carbonyl (C=O) groups is 3. The molecule has 0 aromatic carbocycles. The van der Waals surface area contributed by atoms with Gasteiger partial charge >= 0.3 is 6.09 Å². The number of carbonyl (C=O) groups excluding carboxylic acids is 3. The summed E-state index contributed by atoms with van der Waals surface area (Å²) in [5, 5.41) is 10.8. The van der Waals surface area contributed by atoms with E-state index in [1.165, 1.54) is 6.92 Å². The van der Waals surface area contributed by atoms with Gasteiger partial charge in [-0.25, -0.2) is 9.48 Å². The zero-order chi connectivity index (χ0) is 27.1. The Morgan fingerprint density at radius 3 is 2.53 bits per heavy atom. The molecule has 38 heavy (non-hydrogen) atoms. The standard InChI is InChI=1S/C27H40N6O5/c1-17(34)31-26(2,3)4-5-33-24(32-6-8-37-9-7-32)21(15-29-33)23(35)30-22-19-10-18-11-20(22)14-27(12-18,13-19)16-38-25(28)36/h4-5,15,18-20,22H,6-14,16H2,1-3H3,(H2,28,36)(H,30,35)(H,31,34)/b5-4+. The number of nitrogens with zero attached hydrogens (tertiary/aromatic N) is 3. The van der Waals surface area contributed by atoms with Crippen molar-refractivity contribution in [2.24, 2.45) is 28.9 Å². The molecule has 2 unspecified atom stereocenters. The lowest BCUT2D eigenvalue weighted by atomic mass is 9.48. The minimum Gasteiger partial charge on any atom is -0.449 e. The molecular weight excluding hydrogens is 488 g/mol. The van der Waals surface area contributed by atoms with Gasteiger partial charge in [-0.15, -0.1) is 0 Å². The summed E-state index contributed by atoms with van der Waals surface area (Å²) >= 11 is 0. The number of amides is 3. The van der Waals surface area contributed by atoms with Gasteiger partial charge in [-0.05, 0) is 69.8 Å². The number of aromatic nitrogens is 2. The molecule has 0 radical (unpaired) electrons. The summed E-state index contributed by atoms with van der Waals surface area (Å²) in [6.07, 6.45) is 9.74. The first kappa shape index (κ1) is 26.5. The first-order chi connectivity index (χ1) is 18.0. The first-order valence-electron chi connectivity index (χ1n) is 13.7. The summed E-state index contributed by atoms with van der Waals surface area (Å²) in [6.45, 7) is 8.16. The number of nitrogens with two attached hydrogens (primary N) is 1. The van der Waals surface area contributed by atoms with E-state index in [1.54, 1.807) is 10.9 Å². The Labute approximate surface area is 223 Å². The maximum absolute atomic E-state index is 13.8. The van der Waals surface area contributed by atoms with E-state index in [2.05, 4.69) is 20.6 Å². The van der Waals surface area contributed by atoms with E-state index in [0.717, 1.165) is 37.9 Å². The zero-order valence-corrected chi connectivity index (χ0v) is 22.6. The van der Waals surface area contributed by atoms with Crippen LogP contribution in [0.1, 0.15) is 63.2 Å². The second-order valence-electron chi connectivity index (χ2n) is 12.2. The zero-order valence-electron chi connectivity index (χ0n) is 22.6. The second-order valence-corrected chi connectivity index (χ2v) is 12.2. The van der Waals surface area contributed by atoms with Gasteiger partial charge in [0.1, 0.15) is 11.4 Å². The normalized spacial score (nSPS) is 30.4. The summed E-state index contributed by atoms with van der Waals surface area (Å²) in [7, 11) is 0. The average molecular weight is 529 g/mol. The summed E-state index contributed by atoms with van der Waals surface area (Å²) in [5.74, 6) is 1.83. The summed E-state index contributed by atoms with van der Waals surface area (Å²) in [4.78, 5) is 38.8. The van der Waals surface area contributed by atoms with Crippen LogP contribution in [-0.2, 0) is 14.3 Å². The van der Waals surface area contributed by atoms with E-state index < -0.39 is 11.6 Å².